The van der Waals surface area contributed by atoms with Gasteiger partial charge in [0.25, 0.3) is 0 Å². The third-order valence-corrected chi connectivity index (χ3v) is 4.61. The summed E-state index contributed by atoms with van der Waals surface area (Å²) < 4.78 is 1.50. The van der Waals surface area contributed by atoms with Crippen LogP contribution >= 0.6 is 11.6 Å². The van der Waals surface area contributed by atoms with Gasteiger partial charge in [-0.2, -0.15) is 0 Å². The summed E-state index contributed by atoms with van der Waals surface area (Å²) in [6.07, 6.45) is 1.64. The fourth-order valence-electron chi connectivity index (χ4n) is 3.00. The Kier molecular flexibility index (Phi) is 4.55. The maximum atomic E-state index is 12.6. The fourth-order valence-corrected chi connectivity index (χ4v) is 3.13. The molecule has 0 aliphatic carbocycles. The second-order valence-electron chi connectivity index (χ2n) is 6.18. The normalized spacial score (nSPS) is 16.6. The molecule has 136 valence electrons. The predicted octanol–water partition coefficient (Wildman–Crippen LogP) is 2.31. The van der Waals surface area contributed by atoms with E-state index in [4.69, 9.17) is 11.6 Å². The van der Waals surface area contributed by atoms with Crippen LogP contribution in [-0.4, -0.2) is 38.6 Å². The van der Waals surface area contributed by atoms with E-state index >= 15 is 0 Å². The average molecular weight is 383 g/mol. The van der Waals surface area contributed by atoms with Crippen LogP contribution < -0.4 is 10.2 Å². The van der Waals surface area contributed by atoms with Gasteiger partial charge in [-0.1, -0.05) is 17.7 Å². The second kappa shape index (κ2) is 7.16. The SMILES string of the molecule is O=C(Nc1cccc(-n2cnnn2)c1)C1CC(=O)N(c2ccc(Cl)cc2)C1. The zero-order chi connectivity index (χ0) is 18.8. The largest absolute Gasteiger partial charge is 0.326 e. The molecule has 0 spiro atoms. The zero-order valence-corrected chi connectivity index (χ0v) is 14.9. The first kappa shape index (κ1) is 17.2. The highest BCUT2D eigenvalue weighted by molar-refractivity contribution is 6.30. The number of nitrogens with one attached hydrogen (secondary N) is 1. The van der Waals surface area contributed by atoms with Crippen molar-refractivity contribution in [2.45, 2.75) is 6.42 Å². The van der Waals surface area contributed by atoms with Crippen molar-refractivity contribution in [2.24, 2.45) is 5.92 Å². The van der Waals surface area contributed by atoms with E-state index in [0.717, 1.165) is 11.4 Å². The molecule has 9 heteroatoms. The minimum atomic E-state index is -0.426. The first-order valence-corrected chi connectivity index (χ1v) is 8.68. The third kappa shape index (κ3) is 3.65. The molecular formula is C18H15ClN6O2. The van der Waals surface area contributed by atoms with Gasteiger partial charge in [-0.15, -0.1) is 5.10 Å². The molecule has 1 aliphatic heterocycles. The minimum Gasteiger partial charge on any atom is -0.326 e. The Labute approximate surface area is 159 Å². The number of carbonyl (C=O) groups excluding carboxylic acids is 2. The Morgan fingerprint density at radius 1 is 1.15 bits per heavy atom. The van der Waals surface area contributed by atoms with Crippen LogP contribution in [-0.2, 0) is 9.59 Å². The van der Waals surface area contributed by atoms with Crippen molar-refractivity contribution in [2.75, 3.05) is 16.8 Å². The van der Waals surface area contributed by atoms with E-state index in [9.17, 15) is 9.59 Å². The molecule has 1 aromatic heterocycles. The highest BCUT2D eigenvalue weighted by Gasteiger charge is 2.35. The summed E-state index contributed by atoms with van der Waals surface area (Å²) in [5, 5.41) is 14.5. The first-order valence-electron chi connectivity index (χ1n) is 8.30. The van der Waals surface area contributed by atoms with Crippen molar-refractivity contribution in [3.8, 4) is 5.69 Å². The fraction of sp³-hybridized carbons (Fsp3) is 0.167. The molecule has 2 heterocycles. The number of hydrogen-bond acceptors (Lipinski definition) is 5. The number of anilines is 2. The van der Waals surface area contributed by atoms with Gasteiger partial charge in [0.1, 0.15) is 6.33 Å². The number of halogens is 1. The number of rotatable bonds is 4. The molecule has 0 saturated carbocycles. The monoisotopic (exact) mass is 382 g/mol. The number of tetrazole rings is 1. The molecule has 1 N–H and O–H groups in total. The molecule has 1 atom stereocenters. The molecule has 1 fully saturated rings. The van der Waals surface area contributed by atoms with Gasteiger partial charge in [0.15, 0.2) is 0 Å². The summed E-state index contributed by atoms with van der Waals surface area (Å²) in [5.74, 6) is -0.710. The lowest BCUT2D eigenvalue weighted by Gasteiger charge is -2.17. The summed E-state index contributed by atoms with van der Waals surface area (Å²) in [6, 6.07) is 14.2. The van der Waals surface area contributed by atoms with E-state index in [1.807, 2.05) is 6.07 Å². The van der Waals surface area contributed by atoms with E-state index < -0.39 is 5.92 Å². The lowest BCUT2D eigenvalue weighted by molar-refractivity contribution is -0.122. The van der Waals surface area contributed by atoms with Gasteiger partial charge in [-0.05, 0) is 52.9 Å². The summed E-state index contributed by atoms with van der Waals surface area (Å²) in [7, 11) is 0. The molecule has 4 rings (SSSR count). The van der Waals surface area contributed by atoms with E-state index in [2.05, 4.69) is 20.8 Å². The predicted molar refractivity (Wildman–Crippen MR) is 99.7 cm³/mol. The number of amides is 2. The number of aromatic nitrogens is 4. The summed E-state index contributed by atoms with van der Waals surface area (Å²) in [6.45, 7) is 0.332. The van der Waals surface area contributed by atoms with Crippen LogP contribution in [0.15, 0.2) is 54.9 Å². The van der Waals surface area contributed by atoms with Crippen LogP contribution in [0.2, 0.25) is 5.02 Å². The van der Waals surface area contributed by atoms with Crippen LogP contribution in [0.5, 0.6) is 0 Å². The molecule has 2 aromatic carbocycles. The standard InChI is InChI=1S/C18H15ClN6O2/c19-13-4-6-15(7-5-13)24-10-12(8-17(24)26)18(27)21-14-2-1-3-16(9-14)25-11-20-22-23-25/h1-7,9,11-12H,8,10H2,(H,21,27). The van der Waals surface area contributed by atoms with Gasteiger partial charge in [0.05, 0.1) is 11.6 Å². The van der Waals surface area contributed by atoms with E-state index in [1.54, 1.807) is 47.4 Å². The maximum Gasteiger partial charge on any atom is 0.229 e. The Hall–Kier alpha value is -3.26. The van der Waals surface area contributed by atoms with E-state index in [-0.39, 0.29) is 18.2 Å². The zero-order valence-electron chi connectivity index (χ0n) is 14.1. The van der Waals surface area contributed by atoms with Crippen molar-refractivity contribution < 1.29 is 9.59 Å². The maximum absolute atomic E-state index is 12.6. The van der Waals surface area contributed by atoms with Crippen molar-refractivity contribution in [3.05, 3.63) is 59.9 Å². The third-order valence-electron chi connectivity index (χ3n) is 4.36. The van der Waals surface area contributed by atoms with Crippen LogP contribution in [0.3, 0.4) is 0 Å². The van der Waals surface area contributed by atoms with Crippen molar-refractivity contribution in [1.82, 2.24) is 20.2 Å². The molecule has 8 nitrogen and oxygen atoms in total. The Morgan fingerprint density at radius 2 is 1.96 bits per heavy atom. The van der Waals surface area contributed by atoms with Gasteiger partial charge < -0.3 is 10.2 Å². The van der Waals surface area contributed by atoms with Crippen LogP contribution in [0.1, 0.15) is 6.42 Å². The van der Waals surface area contributed by atoms with Gasteiger partial charge in [0.2, 0.25) is 11.8 Å². The number of carbonyl (C=O) groups is 2. The van der Waals surface area contributed by atoms with Gasteiger partial charge >= 0.3 is 0 Å². The first-order chi connectivity index (χ1) is 13.1. The molecule has 0 radical (unpaired) electrons. The molecular weight excluding hydrogens is 368 g/mol. The van der Waals surface area contributed by atoms with Crippen LogP contribution in [0.25, 0.3) is 5.69 Å². The minimum absolute atomic E-state index is 0.0834. The Morgan fingerprint density at radius 3 is 2.70 bits per heavy atom. The topological polar surface area (TPSA) is 93.0 Å². The van der Waals surface area contributed by atoms with E-state index in [1.165, 1.54) is 11.0 Å². The molecule has 1 saturated heterocycles. The van der Waals surface area contributed by atoms with Crippen molar-refractivity contribution >= 4 is 34.8 Å². The Bertz CT molecular complexity index is 974. The van der Waals surface area contributed by atoms with Crippen LogP contribution in [0.4, 0.5) is 11.4 Å². The van der Waals surface area contributed by atoms with Crippen molar-refractivity contribution in [1.29, 1.82) is 0 Å². The molecule has 27 heavy (non-hydrogen) atoms. The quantitative estimate of drug-likeness (QED) is 0.747. The van der Waals surface area contributed by atoms with Gasteiger partial charge in [0, 0.05) is 29.4 Å². The van der Waals surface area contributed by atoms with E-state index in [0.29, 0.717) is 17.3 Å². The molecule has 0 bridgehead atoms. The van der Waals surface area contributed by atoms with Gasteiger partial charge in [-0.3, -0.25) is 9.59 Å². The lowest BCUT2D eigenvalue weighted by Crippen LogP contribution is -2.28. The smallest absolute Gasteiger partial charge is 0.229 e. The van der Waals surface area contributed by atoms with Crippen LogP contribution in [0, 0.1) is 5.92 Å². The number of hydrogen-bond donors (Lipinski definition) is 1. The molecule has 1 unspecified atom stereocenters. The lowest BCUT2D eigenvalue weighted by atomic mass is 10.1. The second-order valence-corrected chi connectivity index (χ2v) is 6.61. The highest BCUT2D eigenvalue weighted by atomic mass is 35.5. The molecule has 2 amide bonds. The van der Waals surface area contributed by atoms with Gasteiger partial charge in [-0.25, -0.2) is 4.68 Å². The highest BCUT2D eigenvalue weighted by Crippen LogP contribution is 2.27. The van der Waals surface area contributed by atoms with Crippen molar-refractivity contribution in [3.63, 3.8) is 0 Å². The Balaban J connectivity index is 1.45. The number of benzene rings is 2. The number of nitrogens with zero attached hydrogens (tertiary/aromatic N) is 5. The molecule has 1 aliphatic rings. The molecule has 3 aromatic rings. The average Bonchev–Trinajstić information content (AvgIpc) is 3.33. The summed E-state index contributed by atoms with van der Waals surface area (Å²) >= 11 is 5.89. The summed E-state index contributed by atoms with van der Waals surface area (Å²) in [4.78, 5) is 26.6. The summed E-state index contributed by atoms with van der Waals surface area (Å²) in [5.41, 5.74) is 2.08.